The van der Waals surface area contributed by atoms with E-state index in [2.05, 4.69) is 20.9 Å². The van der Waals surface area contributed by atoms with Crippen LogP contribution in [0.5, 0.6) is 5.75 Å². The Morgan fingerprint density at radius 3 is 2.85 bits per heavy atom. The molecule has 2 rings (SSSR count). The van der Waals surface area contributed by atoms with Gasteiger partial charge in [-0.05, 0) is 49.9 Å². The third kappa shape index (κ3) is 3.07. The van der Waals surface area contributed by atoms with Gasteiger partial charge in [0.2, 0.25) is 0 Å². The Labute approximate surface area is 130 Å². The van der Waals surface area contributed by atoms with Crippen molar-refractivity contribution in [2.24, 2.45) is 4.99 Å². The lowest BCUT2D eigenvalue weighted by atomic mass is 10.2. The molecule has 106 valence electrons. The Kier molecular flexibility index (Phi) is 4.88. The van der Waals surface area contributed by atoms with Gasteiger partial charge in [0, 0.05) is 23.1 Å². The zero-order valence-electron chi connectivity index (χ0n) is 11.3. The van der Waals surface area contributed by atoms with Crippen molar-refractivity contribution >= 4 is 44.8 Å². The van der Waals surface area contributed by atoms with Gasteiger partial charge in [-0.1, -0.05) is 15.9 Å². The summed E-state index contributed by atoms with van der Waals surface area (Å²) in [6, 6.07) is 5.13. The molecular formula is C14H15BrN2O2S. The fourth-order valence-electron chi connectivity index (χ4n) is 1.82. The first-order chi connectivity index (χ1) is 9.56. The number of carbonyl (C=O) groups excluding carboxylic acids is 1. The smallest absolute Gasteiger partial charge is 0.266 e. The molecule has 0 radical (unpaired) electrons. The number of amides is 1. The van der Waals surface area contributed by atoms with E-state index in [0.29, 0.717) is 23.6 Å². The molecule has 0 aliphatic carbocycles. The zero-order valence-corrected chi connectivity index (χ0v) is 13.7. The van der Waals surface area contributed by atoms with Gasteiger partial charge in [0.05, 0.1) is 4.91 Å². The quantitative estimate of drug-likeness (QED) is 0.845. The fourth-order valence-corrected chi connectivity index (χ4v) is 3.30. The summed E-state index contributed by atoms with van der Waals surface area (Å²) in [5, 5.41) is 10.6. The minimum atomic E-state index is -0.0657. The van der Waals surface area contributed by atoms with Gasteiger partial charge in [-0.2, -0.15) is 0 Å². The Morgan fingerprint density at radius 1 is 1.45 bits per heavy atom. The monoisotopic (exact) mass is 354 g/mol. The molecule has 1 heterocycles. The third-order valence-electron chi connectivity index (χ3n) is 2.77. The molecular weight excluding hydrogens is 340 g/mol. The van der Waals surface area contributed by atoms with E-state index in [1.807, 2.05) is 13.8 Å². The Bertz CT molecular complexity index is 599. The number of nitrogens with zero attached hydrogens (tertiary/aromatic N) is 2. The number of benzene rings is 1. The molecule has 1 aromatic rings. The van der Waals surface area contributed by atoms with Crippen LogP contribution < -0.4 is 0 Å². The Morgan fingerprint density at radius 2 is 2.20 bits per heavy atom. The summed E-state index contributed by atoms with van der Waals surface area (Å²) in [7, 11) is 0. The van der Waals surface area contributed by atoms with Gasteiger partial charge in [-0.15, -0.1) is 0 Å². The molecule has 1 saturated heterocycles. The second-order valence-corrected chi connectivity index (χ2v) is 6.04. The van der Waals surface area contributed by atoms with Gasteiger partial charge in [-0.3, -0.25) is 14.7 Å². The van der Waals surface area contributed by atoms with Crippen LogP contribution in [-0.4, -0.2) is 34.2 Å². The summed E-state index contributed by atoms with van der Waals surface area (Å²) in [5.41, 5.74) is 0.615. The SMILES string of the molecule is CCN=C1S/C(=C\c2cc(Br)ccc2O)C(=O)N1CC. The van der Waals surface area contributed by atoms with E-state index in [4.69, 9.17) is 0 Å². The molecule has 1 aromatic carbocycles. The molecule has 0 spiro atoms. The van der Waals surface area contributed by atoms with E-state index < -0.39 is 0 Å². The predicted molar refractivity (Wildman–Crippen MR) is 86.7 cm³/mol. The zero-order chi connectivity index (χ0) is 14.7. The van der Waals surface area contributed by atoms with Crippen molar-refractivity contribution in [3.05, 3.63) is 33.1 Å². The molecule has 1 amide bonds. The average Bonchev–Trinajstić information content (AvgIpc) is 2.70. The van der Waals surface area contributed by atoms with Crippen LogP contribution in [0.15, 0.2) is 32.6 Å². The summed E-state index contributed by atoms with van der Waals surface area (Å²) in [4.78, 5) is 18.8. The number of phenols is 1. The molecule has 1 aliphatic heterocycles. The first-order valence-electron chi connectivity index (χ1n) is 6.31. The topological polar surface area (TPSA) is 52.9 Å². The summed E-state index contributed by atoms with van der Waals surface area (Å²) >= 11 is 4.70. The van der Waals surface area contributed by atoms with Crippen molar-refractivity contribution in [3.8, 4) is 5.75 Å². The predicted octanol–water partition coefficient (Wildman–Crippen LogP) is 3.47. The molecule has 1 N–H and O–H groups in total. The van der Waals surface area contributed by atoms with E-state index in [1.165, 1.54) is 11.8 Å². The fraction of sp³-hybridized carbons (Fsp3) is 0.286. The van der Waals surface area contributed by atoms with Crippen molar-refractivity contribution < 1.29 is 9.90 Å². The number of thioether (sulfide) groups is 1. The van der Waals surface area contributed by atoms with Crippen LogP contribution in [0.3, 0.4) is 0 Å². The number of carbonyl (C=O) groups is 1. The molecule has 4 nitrogen and oxygen atoms in total. The number of halogens is 1. The first-order valence-corrected chi connectivity index (χ1v) is 7.92. The van der Waals surface area contributed by atoms with Crippen LogP contribution in [0.2, 0.25) is 0 Å². The maximum absolute atomic E-state index is 12.3. The van der Waals surface area contributed by atoms with Crippen LogP contribution in [0.1, 0.15) is 19.4 Å². The summed E-state index contributed by atoms with van der Waals surface area (Å²) < 4.78 is 0.854. The standard InChI is InChI=1S/C14H15BrN2O2S/c1-3-16-14-17(4-2)13(19)12(20-14)8-9-7-10(15)5-6-11(9)18/h5-8,18H,3-4H2,1-2H3/b12-8-,16-14?. The van der Waals surface area contributed by atoms with Gasteiger partial charge < -0.3 is 5.11 Å². The normalized spacial score (nSPS) is 19.4. The second-order valence-electron chi connectivity index (χ2n) is 4.12. The molecule has 0 bridgehead atoms. The molecule has 20 heavy (non-hydrogen) atoms. The van der Waals surface area contributed by atoms with Crippen molar-refractivity contribution in [2.45, 2.75) is 13.8 Å². The lowest BCUT2D eigenvalue weighted by Crippen LogP contribution is -2.28. The summed E-state index contributed by atoms with van der Waals surface area (Å²) in [5.74, 6) is 0.0853. The van der Waals surface area contributed by atoms with Gasteiger partial charge in [0.1, 0.15) is 5.75 Å². The second kappa shape index (κ2) is 6.45. The van der Waals surface area contributed by atoms with Crippen LogP contribution in [-0.2, 0) is 4.79 Å². The Hall–Kier alpha value is -1.27. The largest absolute Gasteiger partial charge is 0.507 e. The molecule has 6 heteroatoms. The number of aliphatic imine (C=N–C) groups is 1. The van der Waals surface area contributed by atoms with Crippen molar-refractivity contribution in [1.82, 2.24) is 4.90 Å². The van der Waals surface area contributed by atoms with E-state index in [-0.39, 0.29) is 11.7 Å². The van der Waals surface area contributed by atoms with Crippen molar-refractivity contribution in [1.29, 1.82) is 0 Å². The lowest BCUT2D eigenvalue weighted by Gasteiger charge is -2.11. The lowest BCUT2D eigenvalue weighted by molar-refractivity contribution is -0.122. The highest BCUT2D eigenvalue weighted by atomic mass is 79.9. The van der Waals surface area contributed by atoms with Crippen molar-refractivity contribution in [2.75, 3.05) is 13.1 Å². The first kappa shape index (κ1) is 15.1. The van der Waals surface area contributed by atoms with Crippen molar-refractivity contribution in [3.63, 3.8) is 0 Å². The number of rotatable bonds is 3. The molecule has 0 aromatic heterocycles. The minimum Gasteiger partial charge on any atom is -0.507 e. The van der Waals surface area contributed by atoms with E-state index in [0.717, 1.165) is 9.64 Å². The molecule has 0 atom stereocenters. The van der Waals surface area contributed by atoms with Gasteiger partial charge in [0.25, 0.3) is 5.91 Å². The number of hydrogen-bond donors (Lipinski definition) is 1. The van der Waals surface area contributed by atoms with Gasteiger partial charge in [-0.25, -0.2) is 0 Å². The minimum absolute atomic E-state index is 0.0657. The molecule has 1 aliphatic rings. The average molecular weight is 355 g/mol. The van der Waals surface area contributed by atoms with Gasteiger partial charge in [0.15, 0.2) is 5.17 Å². The van der Waals surface area contributed by atoms with E-state index in [9.17, 15) is 9.90 Å². The maximum Gasteiger partial charge on any atom is 0.266 e. The van der Waals surface area contributed by atoms with Crippen LogP contribution in [0.4, 0.5) is 0 Å². The Balaban J connectivity index is 2.38. The summed E-state index contributed by atoms with van der Waals surface area (Å²) in [6.07, 6.45) is 1.70. The third-order valence-corrected chi connectivity index (χ3v) is 4.31. The highest BCUT2D eigenvalue weighted by molar-refractivity contribution is 9.10. The molecule has 1 fully saturated rings. The molecule has 0 saturated carbocycles. The number of likely N-dealkylation sites (N-methyl/N-ethyl adjacent to an activating group) is 1. The number of phenolic OH excluding ortho intramolecular Hbond substituents is 1. The van der Waals surface area contributed by atoms with Crippen LogP contribution in [0, 0.1) is 0 Å². The van der Waals surface area contributed by atoms with Gasteiger partial charge >= 0.3 is 0 Å². The highest BCUT2D eigenvalue weighted by Crippen LogP contribution is 2.34. The van der Waals surface area contributed by atoms with E-state index in [1.54, 1.807) is 29.2 Å². The summed E-state index contributed by atoms with van der Waals surface area (Å²) in [6.45, 7) is 5.09. The van der Waals surface area contributed by atoms with Crippen LogP contribution in [0.25, 0.3) is 6.08 Å². The maximum atomic E-state index is 12.3. The highest BCUT2D eigenvalue weighted by Gasteiger charge is 2.31. The van der Waals surface area contributed by atoms with E-state index >= 15 is 0 Å². The van der Waals surface area contributed by atoms with Crippen LogP contribution >= 0.6 is 27.7 Å². The number of hydrogen-bond acceptors (Lipinski definition) is 4. The molecule has 0 unspecified atom stereocenters. The number of aromatic hydroxyl groups is 1. The number of amidine groups is 1.